The second-order valence-corrected chi connectivity index (χ2v) is 4.26. The molecular formula is C13H13ClN4O. The second-order valence-electron chi connectivity index (χ2n) is 3.85. The van der Waals surface area contributed by atoms with Gasteiger partial charge in [0.2, 0.25) is 0 Å². The van der Waals surface area contributed by atoms with Gasteiger partial charge in [-0.25, -0.2) is 4.98 Å². The van der Waals surface area contributed by atoms with Crippen LogP contribution in [0, 0.1) is 0 Å². The van der Waals surface area contributed by atoms with Gasteiger partial charge in [0.1, 0.15) is 5.69 Å². The van der Waals surface area contributed by atoms with Gasteiger partial charge in [-0.2, -0.15) is 0 Å². The minimum Gasteiger partial charge on any atom is -0.347 e. The zero-order valence-electron chi connectivity index (χ0n) is 10.1. The van der Waals surface area contributed by atoms with Gasteiger partial charge in [-0.1, -0.05) is 29.8 Å². The molecule has 1 heterocycles. The van der Waals surface area contributed by atoms with Crippen LogP contribution in [0.4, 0.5) is 5.69 Å². The van der Waals surface area contributed by atoms with Crippen molar-refractivity contribution in [3.8, 4) is 0 Å². The van der Waals surface area contributed by atoms with Crippen molar-refractivity contribution in [2.24, 2.45) is 5.84 Å². The van der Waals surface area contributed by atoms with E-state index in [0.29, 0.717) is 22.9 Å². The summed E-state index contributed by atoms with van der Waals surface area (Å²) in [7, 11) is 0. The first kappa shape index (κ1) is 13.3. The van der Waals surface area contributed by atoms with Crippen molar-refractivity contribution in [1.82, 2.24) is 10.3 Å². The first-order chi connectivity index (χ1) is 9.20. The average molecular weight is 277 g/mol. The predicted octanol–water partition coefficient (Wildman–Crippen LogP) is 1.95. The maximum absolute atomic E-state index is 11.9. The summed E-state index contributed by atoms with van der Waals surface area (Å²) in [5.41, 5.74) is 4.27. The highest BCUT2D eigenvalue weighted by Gasteiger charge is 2.07. The highest BCUT2D eigenvalue weighted by molar-refractivity contribution is 6.31. The number of hydrogen-bond donors (Lipinski definition) is 3. The first-order valence-electron chi connectivity index (χ1n) is 5.65. The topological polar surface area (TPSA) is 80.0 Å². The molecule has 1 aromatic heterocycles. The van der Waals surface area contributed by atoms with Gasteiger partial charge in [0.15, 0.2) is 0 Å². The van der Waals surface area contributed by atoms with Crippen molar-refractivity contribution in [2.75, 3.05) is 5.43 Å². The minimum absolute atomic E-state index is 0.261. The average Bonchev–Trinajstić information content (AvgIpc) is 2.46. The number of nitrogens with zero attached hydrogens (tertiary/aromatic N) is 1. The number of anilines is 1. The number of hydrogen-bond acceptors (Lipinski definition) is 4. The Hall–Kier alpha value is -2.11. The number of hydrazine groups is 1. The molecule has 19 heavy (non-hydrogen) atoms. The molecule has 1 amide bonds. The molecule has 5 nitrogen and oxygen atoms in total. The lowest BCUT2D eigenvalue weighted by Crippen LogP contribution is -2.24. The van der Waals surface area contributed by atoms with Gasteiger partial charge in [-0.05, 0) is 23.8 Å². The van der Waals surface area contributed by atoms with E-state index in [1.54, 1.807) is 18.2 Å². The monoisotopic (exact) mass is 276 g/mol. The molecule has 0 saturated heterocycles. The number of nitrogens with one attached hydrogen (secondary N) is 2. The lowest BCUT2D eigenvalue weighted by Gasteiger charge is -2.07. The van der Waals surface area contributed by atoms with Gasteiger partial charge in [0.05, 0.1) is 11.9 Å². The third-order valence-corrected chi connectivity index (χ3v) is 2.93. The van der Waals surface area contributed by atoms with E-state index in [2.05, 4.69) is 15.7 Å². The first-order valence-corrected chi connectivity index (χ1v) is 6.03. The van der Waals surface area contributed by atoms with Gasteiger partial charge >= 0.3 is 0 Å². The molecular weight excluding hydrogens is 264 g/mol. The van der Waals surface area contributed by atoms with Gasteiger partial charge in [0.25, 0.3) is 5.91 Å². The zero-order valence-corrected chi connectivity index (χ0v) is 10.8. The lowest BCUT2D eigenvalue weighted by molar-refractivity contribution is 0.0946. The van der Waals surface area contributed by atoms with Gasteiger partial charge in [-0.3, -0.25) is 10.6 Å². The Balaban J connectivity index is 1.99. The summed E-state index contributed by atoms with van der Waals surface area (Å²) in [4.78, 5) is 15.9. The number of aromatic nitrogens is 1. The molecule has 0 atom stereocenters. The van der Waals surface area contributed by atoms with Crippen LogP contribution < -0.4 is 16.6 Å². The number of nitrogen functional groups attached to an aromatic ring is 1. The summed E-state index contributed by atoms with van der Waals surface area (Å²) >= 11 is 6.00. The number of halogens is 1. The fourth-order valence-electron chi connectivity index (χ4n) is 1.52. The molecule has 98 valence electrons. The van der Waals surface area contributed by atoms with E-state index in [4.69, 9.17) is 17.4 Å². The van der Waals surface area contributed by atoms with E-state index in [1.165, 1.54) is 6.20 Å². The number of pyridine rings is 1. The van der Waals surface area contributed by atoms with Crippen LogP contribution in [-0.4, -0.2) is 10.9 Å². The molecule has 4 N–H and O–H groups in total. The van der Waals surface area contributed by atoms with Crippen LogP contribution >= 0.6 is 11.6 Å². The summed E-state index contributed by atoms with van der Waals surface area (Å²) in [5, 5.41) is 3.38. The number of amides is 1. The van der Waals surface area contributed by atoms with E-state index in [9.17, 15) is 4.79 Å². The van der Waals surface area contributed by atoms with E-state index in [-0.39, 0.29) is 5.91 Å². The van der Waals surface area contributed by atoms with Gasteiger partial charge < -0.3 is 10.7 Å². The highest BCUT2D eigenvalue weighted by atomic mass is 35.5. The Labute approximate surface area is 115 Å². The zero-order chi connectivity index (χ0) is 13.7. The van der Waals surface area contributed by atoms with Crippen molar-refractivity contribution >= 4 is 23.2 Å². The Morgan fingerprint density at radius 3 is 2.68 bits per heavy atom. The molecule has 0 radical (unpaired) electrons. The van der Waals surface area contributed by atoms with Crippen molar-refractivity contribution in [3.05, 3.63) is 58.9 Å². The van der Waals surface area contributed by atoms with Gasteiger partial charge in [0, 0.05) is 11.6 Å². The van der Waals surface area contributed by atoms with Crippen molar-refractivity contribution in [3.63, 3.8) is 0 Å². The Bertz CT molecular complexity index is 571. The normalized spacial score (nSPS) is 10.0. The smallest absolute Gasteiger partial charge is 0.270 e. The van der Waals surface area contributed by atoms with Gasteiger partial charge in [-0.15, -0.1) is 0 Å². The Morgan fingerprint density at radius 2 is 2.05 bits per heavy atom. The predicted molar refractivity (Wildman–Crippen MR) is 74.7 cm³/mol. The SMILES string of the molecule is NNc1ccc(C(=O)NCc2ccccc2Cl)nc1. The molecule has 0 spiro atoms. The Kier molecular flexibility index (Phi) is 4.33. The number of carbonyl (C=O) groups excluding carboxylic acids is 1. The summed E-state index contributed by atoms with van der Waals surface area (Å²) in [6.45, 7) is 0.358. The number of benzene rings is 1. The molecule has 0 fully saturated rings. The quantitative estimate of drug-likeness (QED) is 0.589. The Morgan fingerprint density at radius 1 is 1.26 bits per heavy atom. The molecule has 0 aliphatic heterocycles. The third-order valence-electron chi connectivity index (χ3n) is 2.56. The van der Waals surface area contributed by atoms with E-state index in [0.717, 1.165) is 5.56 Å². The molecule has 0 unspecified atom stereocenters. The third kappa shape index (κ3) is 3.43. The lowest BCUT2D eigenvalue weighted by atomic mass is 10.2. The molecule has 2 rings (SSSR count). The largest absolute Gasteiger partial charge is 0.347 e. The standard InChI is InChI=1S/C13H13ClN4O/c14-11-4-2-1-3-9(11)7-17-13(19)12-6-5-10(18-15)8-16-12/h1-6,8,18H,7,15H2,(H,17,19). The van der Waals surface area contributed by atoms with Crippen LogP contribution in [0.15, 0.2) is 42.6 Å². The molecule has 0 saturated carbocycles. The van der Waals surface area contributed by atoms with Crippen molar-refractivity contribution < 1.29 is 4.79 Å². The van der Waals surface area contributed by atoms with E-state index in [1.807, 2.05) is 18.2 Å². The highest BCUT2D eigenvalue weighted by Crippen LogP contribution is 2.14. The maximum atomic E-state index is 11.9. The minimum atomic E-state index is -0.261. The second kappa shape index (κ2) is 6.17. The van der Waals surface area contributed by atoms with Crippen LogP contribution in [0.2, 0.25) is 5.02 Å². The molecule has 6 heteroatoms. The molecule has 0 aliphatic rings. The van der Waals surface area contributed by atoms with E-state index >= 15 is 0 Å². The summed E-state index contributed by atoms with van der Waals surface area (Å²) in [6.07, 6.45) is 1.49. The molecule has 0 bridgehead atoms. The molecule has 2 aromatic rings. The fourth-order valence-corrected chi connectivity index (χ4v) is 1.72. The maximum Gasteiger partial charge on any atom is 0.270 e. The van der Waals surface area contributed by atoms with Crippen LogP contribution in [0.25, 0.3) is 0 Å². The molecule has 1 aromatic carbocycles. The summed E-state index contributed by atoms with van der Waals surface area (Å²) in [6, 6.07) is 10.6. The fraction of sp³-hybridized carbons (Fsp3) is 0.0769. The molecule has 0 aliphatic carbocycles. The number of rotatable bonds is 4. The van der Waals surface area contributed by atoms with E-state index < -0.39 is 0 Å². The number of carbonyl (C=O) groups is 1. The van der Waals surface area contributed by atoms with Crippen LogP contribution in [0.5, 0.6) is 0 Å². The summed E-state index contributed by atoms with van der Waals surface area (Å²) in [5.74, 6) is 4.96. The van der Waals surface area contributed by atoms with Crippen LogP contribution in [-0.2, 0) is 6.54 Å². The van der Waals surface area contributed by atoms with Crippen LogP contribution in [0.1, 0.15) is 16.1 Å². The van der Waals surface area contributed by atoms with Crippen molar-refractivity contribution in [2.45, 2.75) is 6.54 Å². The summed E-state index contributed by atoms with van der Waals surface area (Å²) < 4.78 is 0. The van der Waals surface area contributed by atoms with Crippen molar-refractivity contribution in [1.29, 1.82) is 0 Å². The van der Waals surface area contributed by atoms with Crippen LogP contribution in [0.3, 0.4) is 0 Å². The number of nitrogens with two attached hydrogens (primary N) is 1.